The highest BCUT2D eigenvalue weighted by molar-refractivity contribution is 7.71. The zero-order chi connectivity index (χ0) is 7.40. The number of aromatic nitrogens is 3. The lowest BCUT2D eigenvalue weighted by molar-refractivity contribution is 0.703. The molecule has 0 spiro atoms. The number of nitrogens with zero attached hydrogens (tertiary/aromatic N) is 3. The average molecular weight is 154 g/mol. The van der Waals surface area contributed by atoms with Crippen molar-refractivity contribution in [3.63, 3.8) is 0 Å². The molecule has 1 rings (SSSR count). The largest absolute Gasteiger partial charge is 0.306 e. The number of aromatic amines is 1. The third-order valence-corrected chi connectivity index (χ3v) is 1.41. The minimum Gasteiger partial charge on any atom is -0.306 e. The Balaban J connectivity index is 2.68. The van der Waals surface area contributed by atoms with E-state index in [2.05, 4.69) is 10.2 Å². The van der Waals surface area contributed by atoms with E-state index in [1.807, 2.05) is 6.07 Å². The van der Waals surface area contributed by atoms with Gasteiger partial charge in [-0.1, -0.05) is 0 Å². The Morgan fingerprint density at radius 2 is 2.70 bits per heavy atom. The van der Waals surface area contributed by atoms with E-state index in [1.165, 1.54) is 0 Å². The second kappa shape index (κ2) is 3.13. The molecule has 1 heterocycles. The van der Waals surface area contributed by atoms with Crippen LogP contribution >= 0.6 is 12.2 Å². The lowest BCUT2D eigenvalue weighted by atomic mass is 10.5. The minimum atomic E-state index is 0.466. The summed E-state index contributed by atoms with van der Waals surface area (Å²) in [5.74, 6) is 0. The summed E-state index contributed by atoms with van der Waals surface area (Å²) in [6.07, 6.45) is 2.05. The van der Waals surface area contributed by atoms with Gasteiger partial charge in [0, 0.05) is 6.54 Å². The summed E-state index contributed by atoms with van der Waals surface area (Å²) in [4.78, 5) is 0. The Labute approximate surface area is 63.1 Å². The first kappa shape index (κ1) is 6.96. The minimum absolute atomic E-state index is 0.466. The number of rotatable bonds is 2. The zero-order valence-corrected chi connectivity index (χ0v) is 6.06. The lowest BCUT2D eigenvalue weighted by Gasteiger charge is -1.91. The molecule has 5 heteroatoms. The van der Waals surface area contributed by atoms with Crippen LogP contribution in [0.5, 0.6) is 0 Å². The molecule has 1 aromatic heterocycles. The molecule has 0 aromatic carbocycles. The van der Waals surface area contributed by atoms with Gasteiger partial charge in [0.25, 0.3) is 0 Å². The quantitative estimate of drug-likeness (QED) is 0.642. The number of aryl methyl sites for hydroxylation is 1. The fraction of sp³-hybridized carbons (Fsp3) is 0.400. The van der Waals surface area contributed by atoms with E-state index in [4.69, 9.17) is 17.5 Å². The fourth-order valence-corrected chi connectivity index (χ4v) is 0.791. The van der Waals surface area contributed by atoms with Crippen molar-refractivity contribution in [1.29, 1.82) is 5.26 Å². The van der Waals surface area contributed by atoms with Gasteiger partial charge in [0.1, 0.15) is 6.33 Å². The molecule has 0 amide bonds. The third-order valence-electron chi connectivity index (χ3n) is 1.08. The van der Waals surface area contributed by atoms with E-state index in [1.54, 1.807) is 10.9 Å². The van der Waals surface area contributed by atoms with E-state index in [0.29, 0.717) is 17.7 Å². The van der Waals surface area contributed by atoms with Crippen LogP contribution in [0.1, 0.15) is 6.42 Å². The lowest BCUT2D eigenvalue weighted by Crippen LogP contribution is -1.94. The molecule has 0 aliphatic carbocycles. The smallest absolute Gasteiger partial charge is 0.194 e. The van der Waals surface area contributed by atoms with Crippen LogP contribution in [-0.2, 0) is 6.54 Å². The summed E-state index contributed by atoms with van der Waals surface area (Å²) in [5.41, 5.74) is 0. The Hall–Kier alpha value is -1.15. The Bertz CT molecular complexity index is 291. The maximum absolute atomic E-state index is 8.23. The van der Waals surface area contributed by atoms with Crippen LogP contribution in [-0.4, -0.2) is 14.8 Å². The molecular weight excluding hydrogens is 148 g/mol. The van der Waals surface area contributed by atoms with E-state index >= 15 is 0 Å². The molecule has 0 saturated heterocycles. The van der Waals surface area contributed by atoms with Crippen LogP contribution in [0.25, 0.3) is 0 Å². The van der Waals surface area contributed by atoms with Crippen molar-refractivity contribution in [1.82, 2.24) is 14.8 Å². The van der Waals surface area contributed by atoms with Crippen LogP contribution in [0.2, 0.25) is 0 Å². The van der Waals surface area contributed by atoms with Crippen molar-refractivity contribution in [2.24, 2.45) is 0 Å². The van der Waals surface area contributed by atoms with Crippen molar-refractivity contribution >= 4 is 12.2 Å². The summed E-state index contributed by atoms with van der Waals surface area (Å²) in [5, 5.41) is 14.5. The first-order chi connectivity index (χ1) is 4.84. The van der Waals surface area contributed by atoms with Crippen molar-refractivity contribution in [2.75, 3.05) is 0 Å². The normalized spacial score (nSPS) is 9.10. The molecule has 0 fully saturated rings. The van der Waals surface area contributed by atoms with Gasteiger partial charge in [0.05, 0.1) is 12.5 Å². The molecule has 0 saturated carbocycles. The maximum atomic E-state index is 8.23. The molecule has 0 radical (unpaired) electrons. The van der Waals surface area contributed by atoms with Crippen molar-refractivity contribution in [2.45, 2.75) is 13.0 Å². The van der Waals surface area contributed by atoms with Crippen LogP contribution in [0.15, 0.2) is 6.33 Å². The molecule has 52 valence electrons. The van der Waals surface area contributed by atoms with Crippen LogP contribution in [0, 0.1) is 16.1 Å². The summed E-state index contributed by atoms with van der Waals surface area (Å²) in [6.45, 7) is 0.617. The molecule has 10 heavy (non-hydrogen) atoms. The molecule has 0 unspecified atom stereocenters. The summed E-state index contributed by atoms with van der Waals surface area (Å²) in [6, 6.07) is 2.02. The number of hydrogen-bond acceptors (Lipinski definition) is 3. The van der Waals surface area contributed by atoms with Gasteiger partial charge < -0.3 is 4.57 Å². The molecule has 0 aliphatic rings. The number of hydrogen-bond donors (Lipinski definition) is 1. The van der Waals surface area contributed by atoms with Crippen molar-refractivity contribution < 1.29 is 0 Å². The Kier molecular flexibility index (Phi) is 2.18. The van der Waals surface area contributed by atoms with Crippen LogP contribution < -0.4 is 0 Å². The van der Waals surface area contributed by atoms with Crippen molar-refractivity contribution in [3.05, 3.63) is 11.1 Å². The van der Waals surface area contributed by atoms with E-state index < -0.39 is 0 Å². The topological polar surface area (TPSA) is 57.4 Å². The van der Waals surface area contributed by atoms with Gasteiger partial charge in [-0.25, -0.2) is 0 Å². The Morgan fingerprint density at radius 3 is 3.20 bits per heavy atom. The van der Waals surface area contributed by atoms with Gasteiger partial charge in [-0.3, -0.25) is 5.10 Å². The molecule has 0 aliphatic heterocycles. The van der Waals surface area contributed by atoms with Crippen LogP contribution in [0.3, 0.4) is 0 Å². The first-order valence-corrected chi connectivity index (χ1v) is 3.22. The van der Waals surface area contributed by atoms with Crippen molar-refractivity contribution in [3.8, 4) is 6.07 Å². The summed E-state index contributed by atoms with van der Waals surface area (Å²) < 4.78 is 2.29. The highest BCUT2D eigenvalue weighted by atomic mass is 32.1. The Morgan fingerprint density at radius 1 is 1.90 bits per heavy atom. The molecule has 4 nitrogen and oxygen atoms in total. The maximum Gasteiger partial charge on any atom is 0.194 e. The van der Waals surface area contributed by atoms with E-state index in [9.17, 15) is 0 Å². The van der Waals surface area contributed by atoms with Gasteiger partial charge in [-0.05, 0) is 12.2 Å². The number of nitriles is 1. The predicted molar refractivity (Wildman–Crippen MR) is 37.6 cm³/mol. The SMILES string of the molecule is N#CCCn1cn[nH]c1=S. The number of nitrogens with one attached hydrogen (secondary N) is 1. The van der Waals surface area contributed by atoms with Gasteiger partial charge in [-0.2, -0.15) is 10.4 Å². The van der Waals surface area contributed by atoms with Crippen LogP contribution in [0.4, 0.5) is 0 Å². The zero-order valence-electron chi connectivity index (χ0n) is 5.24. The fourth-order valence-electron chi connectivity index (χ4n) is 0.600. The van der Waals surface area contributed by atoms with Gasteiger partial charge in [-0.15, -0.1) is 0 Å². The second-order valence-corrected chi connectivity index (χ2v) is 2.15. The predicted octanol–water partition coefficient (Wildman–Crippen LogP) is 0.854. The highest BCUT2D eigenvalue weighted by Gasteiger charge is 1.90. The van der Waals surface area contributed by atoms with E-state index in [0.717, 1.165) is 0 Å². The average Bonchev–Trinajstić information content (AvgIpc) is 2.31. The molecular formula is C5H6N4S. The molecule has 0 bridgehead atoms. The molecule has 0 atom stereocenters. The summed E-state index contributed by atoms with van der Waals surface area (Å²) in [7, 11) is 0. The van der Waals surface area contributed by atoms with Gasteiger partial charge in [0.2, 0.25) is 0 Å². The van der Waals surface area contributed by atoms with E-state index in [-0.39, 0.29) is 0 Å². The molecule has 1 aromatic rings. The van der Waals surface area contributed by atoms with Gasteiger partial charge in [0.15, 0.2) is 4.77 Å². The van der Waals surface area contributed by atoms with Gasteiger partial charge >= 0.3 is 0 Å². The second-order valence-electron chi connectivity index (χ2n) is 1.76. The number of H-pyrrole nitrogens is 1. The monoisotopic (exact) mass is 154 g/mol. The standard InChI is InChI=1S/C5H6N4S/c6-2-1-3-9-4-7-8-5(9)10/h4H,1,3H2,(H,8,10). The third kappa shape index (κ3) is 1.42. The highest BCUT2D eigenvalue weighted by Crippen LogP contribution is 1.89. The first-order valence-electron chi connectivity index (χ1n) is 2.81. The summed E-state index contributed by atoms with van der Waals surface area (Å²) >= 11 is 4.83. The molecule has 1 N–H and O–H groups in total.